The summed E-state index contributed by atoms with van der Waals surface area (Å²) < 4.78 is 40.0. The van der Waals surface area contributed by atoms with Crippen molar-refractivity contribution in [2.75, 3.05) is 0 Å². The van der Waals surface area contributed by atoms with Gasteiger partial charge in [0.1, 0.15) is 19.2 Å². The average Bonchev–Trinajstić information content (AvgIpc) is 2.83. The molecular formula is C14H12BF3N4. The maximum atomic E-state index is 12.9. The molecule has 1 aromatic carbocycles. The van der Waals surface area contributed by atoms with Crippen LogP contribution in [0.3, 0.4) is 0 Å². The first-order valence-corrected chi connectivity index (χ1v) is 6.56. The van der Waals surface area contributed by atoms with Gasteiger partial charge >= 0.3 is 6.18 Å². The van der Waals surface area contributed by atoms with Crippen molar-refractivity contribution < 1.29 is 13.2 Å². The largest absolute Gasteiger partial charge is 0.435 e. The van der Waals surface area contributed by atoms with Crippen LogP contribution in [0.25, 0.3) is 0 Å². The molecule has 112 valence electrons. The molecule has 1 aliphatic heterocycles. The lowest BCUT2D eigenvalue weighted by molar-refractivity contribution is -0.141. The summed E-state index contributed by atoms with van der Waals surface area (Å²) in [5.41, 5.74) is 5.27. The van der Waals surface area contributed by atoms with Gasteiger partial charge in [0.25, 0.3) is 0 Å². The van der Waals surface area contributed by atoms with E-state index in [0.29, 0.717) is 16.7 Å². The second kappa shape index (κ2) is 4.62. The van der Waals surface area contributed by atoms with Gasteiger partial charge in [0.05, 0.1) is 12.2 Å². The van der Waals surface area contributed by atoms with Gasteiger partial charge in [-0.1, -0.05) is 29.7 Å². The van der Waals surface area contributed by atoms with Crippen molar-refractivity contribution in [2.24, 2.45) is 10.7 Å². The second-order valence-electron chi connectivity index (χ2n) is 5.37. The molecule has 2 heterocycles. The summed E-state index contributed by atoms with van der Waals surface area (Å²) in [5.74, 6) is 0.217. The molecule has 2 aromatic rings. The van der Waals surface area contributed by atoms with Gasteiger partial charge in [0.2, 0.25) is 0 Å². The lowest BCUT2D eigenvalue weighted by Gasteiger charge is -2.31. The highest BCUT2D eigenvalue weighted by molar-refractivity contribution is 6.32. The highest BCUT2D eigenvalue weighted by Gasteiger charge is 2.41. The average molecular weight is 304 g/mol. The van der Waals surface area contributed by atoms with Crippen molar-refractivity contribution in [2.45, 2.75) is 25.2 Å². The predicted molar refractivity (Wildman–Crippen MR) is 77.1 cm³/mol. The first kappa shape index (κ1) is 14.7. The molecule has 1 aromatic heterocycles. The van der Waals surface area contributed by atoms with Gasteiger partial charge in [-0.25, -0.2) is 0 Å². The fourth-order valence-corrected chi connectivity index (χ4v) is 2.65. The molecule has 1 aliphatic rings. The van der Waals surface area contributed by atoms with Crippen molar-refractivity contribution in [3.8, 4) is 0 Å². The number of aliphatic imine (C=N–C) groups is 1. The molecule has 0 saturated heterocycles. The van der Waals surface area contributed by atoms with Crippen molar-refractivity contribution in [3.05, 3.63) is 47.3 Å². The maximum Gasteiger partial charge on any atom is 0.435 e. The van der Waals surface area contributed by atoms with E-state index in [1.807, 2.05) is 0 Å². The van der Waals surface area contributed by atoms with Gasteiger partial charge in [0.15, 0.2) is 5.69 Å². The highest BCUT2D eigenvalue weighted by Crippen LogP contribution is 2.38. The summed E-state index contributed by atoms with van der Waals surface area (Å²) in [4.78, 5) is 4.37. The van der Waals surface area contributed by atoms with Crippen LogP contribution in [-0.4, -0.2) is 23.5 Å². The molecule has 22 heavy (non-hydrogen) atoms. The standard InChI is InChI=1S/C14H12BF3N4/c1-13(8-3-2-4-9(15)5-8)11-6-10(14(16,17)18)21-22(11)7-12(19)20-13/h2-6H,7H2,1H3,(H2,19,20). The van der Waals surface area contributed by atoms with Gasteiger partial charge in [-0.2, -0.15) is 18.3 Å². The lowest BCUT2D eigenvalue weighted by atomic mass is 9.84. The van der Waals surface area contributed by atoms with E-state index in [0.717, 1.165) is 6.07 Å². The van der Waals surface area contributed by atoms with Gasteiger partial charge in [-0.15, -0.1) is 0 Å². The molecule has 3 rings (SSSR count). The van der Waals surface area contributed by atoms with E-state index >= 15 is 0 Å². The number of nitrogens with two attached hydrogens (primary N) is 1. The van der Waals surface area contributed by atoms with E-state index < -0.39 is 17.4 Å². The Morgan fingerprint density at radius 3 is 2.68 bits per heavy atom. The van der Waals surface area contributed by atoms with Gasteiger partial charge in [0, 0.05) is 0 Å². The first-order valence-electron chi connectivity index (χ1n) is 6.56. The zero-order chi connectivity index (χ0) is 16.1. The van der Waals surface area contributed by atoms with Gasteiger partial charge < -0.3 is 5.73 Å². The van der Waals surface area contributed by atoms with E-state index in [9.17, 15) is 13.2 Å². The molecule has 0 aliphatic carbocycles. The van der Waals surface area contributed by atoms with Crippen LogP contribution >= 0.6 is 0 Å². The minimum Gasteiger partial charge on any atom is -0.386 e. The van der Waals surface area contributed by atoms with Crippen LogP contribution in [0.15, 0.2) is 35.3 Å². The monoisotopic (exact) mass is 304 g/mol. The van der Waals surface area contributed by atoms with Crippen LogP contribution in [0.1, 0.15) is 23.9 Å². The molecule has 0 bridgehead atoms. The Balaban J connectivity index is 2.20. The topological polar surface area (TPSA) is 56.2 Å². The quantitative estimate of drug-likeness (QED) is 0.808. The number of fused-ring (bicyclic) bond motifs is 1. The summed E-state index contributed by atoms with van der Waals surface area (Å²) >= 11 is 0. The predicted octanol–water partition coefficient (Wildman–Crippen LogP) is 1.33. The van der Waals surface area contributed by atoms with Crippen molar-refractivity contribution in [1.29, 1.82) is 0 Å². The van der Waals surface area contributed by atoms with Crippen LogP contribution in [-0.2, 0) is 18.3 Å². The zero-order valence-electron chi connectivity index (χ0n) is 11.7. The summed E-state index contributed by atoms with van der Waals surface area (Å²) in [5, 5.41) is 3.62. The molecule has 4 nitrogen and oxygen atoms in total. The zero-order valence-corrected chi connectivity index (χ0v) is 11.7. The number of hydrogen-bond donors (Lipinski definition) is 1. The Kier molecular flexibility index (Phi) is 3.09. The van der Waals surface area contributed by atoms with E-state index in [1.165, 1.54) is 4.68 Å². The van der Waals surface area contributed by atoms with E-state index in [-0.39, 0.29) is 12.4 Å². The molecule has 2 radical (unpaired) electrons. The molecule has 0 spiro atoms. The number of halogens is 3. The normalized spacial score (nSPS) is 21.4. The third-order valence-corrected chi connectivity index (χ3v) is 3.70. The summed E-state index contributed by atoms with van der Waals surface area (Å²) in [7, 11) is 5.77. The number of benzene rings is 1. The summed E-state index contributed by atoms with van der Waals surface area (Å²) in [6, 6.07) is 7.86. The fraction of sp³-hybridized carbons (Fsp3) is 0.286. The fourth-order valence-electron chi connectivity index (χ4n) is 2.65. The van der Waals surface area contributed by atoms with Gasteiger partial charge in [-0.05, 0) is 18.6 Å². The van der Waals surface area contributed by atoms with Crippen molar-refractivity contribution >= 4 is 19.1 Å². The van der Waals surface area contributed by atoms with E-state index in [1.54, 1.807) is 31.2 Å². The molecule has 2 N–H and O–H groups in total. The first-order chi connectivity index (χ1) is 10.2. The number of alkyl halides is 3. The Bertz CT molecular complexity index is 766. The molecule has 0 fully saturated rings. The second-order valence-corrected chi connectivity index (χ2v) is 5.37. The van der Waals surface area contributed by atoms with Gasteiger partial charge in [-0.3, -0.25) is 9.67 Å². The summed E-state index contributed by atoms with van der Waals surface area (Å²) in [6.45, 7) is 1.73. The Morgan fingerprint density at radius 2 is 2.05 bits per heavy atom. The lowest BCUT2D eigenvalue weighted by Crippen LogP contribution is -2.37. The molecular weight excluding hydrogens is 292 g/mol. The number of aromatic nitrogens is 2. The number of nitrogens with zero attached hydrogens (tertiary/aromatic N) is 3. The van der Waals surface area contributed by atoms with Crippen LogP contribution < -0.4 is 11.2 Å². The number of amidine groups is 1. The highest BCUT2D eigenvalue weighted by atomic mass is 19.4. The maximum absolute atomic E-state index is 12.9. The third-order valence-electron chi connectivity index (χ3n) is 3.70. The number of hydrogen-bond acceptors (Lipinski definition) is 3. The SMILES string of the molecule is [B]c1cccc(C2(C)N=C(N)Cn3nc(C(F)(F)F)cc32)c1. The van der Waals surface area contributed by atoms with Crippen LogP contribution in [0.5, 0.6) is 0 Å². The molecule has 1 atom stereocenters. The molecule has 0 amide bonds. The van der Waals surface area contributed by atoms with E-state index in [4.69, 9.17) is 13.6 Å². The molecule has 0 saturated carbocycles. The third kappa shape index (κ3) is 2.28. The summed E-state index contributed by atoms with van der Waals surface area (Å²) in [6.07, 6.45) is -4.52. The van der Waals surface area contributed by atoms with E-state index in [2.05, 4.69) is 10.1 Å². The van der Waals surface area contributed by atoms with Crippen LogP contribution in [0.4, 0.5) is 13.2 Å². The minimum absolute atomic E-state index is 0.0311. The minimum atomic E-state index is -4.52. The smallest absolute Gasteiger partial charge is 0.386 e. The van der Waals surface area contributed by atoms with Crippen molar-refractivity contribution in [3.63, 3.8) is 0 Å². The number of rotatable bonds is 1. The van der Waals surface area contributed by atoms with Crippen molar-refractivity contribution in [1.82, 2.24) is 9.78 Å². The van der Waals surface area contributed by atoms with Crippen LogP contribution in [0, 0.1) is 0 Å². The van der Waals surface area contributed by atoms with Crippen LogP contribution in [0.2, 0.25) is 0 Å². The Labute approximate surface area is 126 Å². The Hall–Kier alpha value is -2.25. The molecule has 8 heteroatoms. The Morgan fingerprint density at radius 1 is 1.32 bits per heavy atom. The molecule has 1 unspecified atom stereocenters.